The molecule has 3 N–H and O–H groups in total. The van der Waals surface area contributed by atoms with Crippen molar-refractivity contribution >= 4 is 34.2 Å². The second-order valence-corrected chi connectivity index (χ2v) is 8.13. The van der Waals surface area contributed by atoms with Crippen LogP contribution in [0.15, 0.2) is 35.0 Å². The van der Waals surface area contributed by atoms with E-state index in [-0.39, 0.29) is 53.5 Å². The number of amides is 1. The van der Waals surface area contributed by atoms with E-state index < -0.39 is 23.5 Å². The number of aryl methyl sites for hydroxylation is 1. The van der Waals surface area contributed by atoms with Crippen LogP contribution in [-0.4, -0.2) is 47.6 Å². The molecule has 0 spiro atoms. The quantitative estimate of drug-likeness (QED) is 0.158. The molecule has 0 aliphatic rings. The van der Waals surface area contributed by atoms with Crippen molar-refractivity contribution in [2.24, 2.45) is 0 Å². The van der Waals surface area contributed by atoms with Gasteiger partial charge in [0.25, 0.3) is 0 Å². The summed E-state index contributed by atoms with van der Waals surface area (Å²) in [5.41, 5.74) is 3.25. The molecule has 0 bridgehead atoms. The third-order valence-electron chi connectivity index (χ3n) is 4.69. The highest BCUT2D eigenvalue weighted by Gasteiger charge is 2.26. The van der Waals surface area contributed by atoms with Crippen LogP contribution >= 0.6 is 0 Å². The van der Waals surface area contributed by atoms with Gasteiger partial charge in [-0.2, -0.15) is 0 Å². The van der Waals surface area contributed by atoms with Gasteiger partial charge in [-0.25, -0.2) is 14.7 Å². The van der Waals surface area contributed by atoms with E-state index in [0.717, 1.165) is 5.56 Å². The maximum Gasteiger partial charge on any atom is 0.343 e. The summed E-state index contributed by atoms with van der Waals surface area (Å²) in [5.74, 6) is -3.50. The summed E-state index contributed by atoms with van der Waals surface area (Å²) in [4.78, 5) is 34.5. The number of carbonyl (C=O) groups is 2. The summed E-state index contributed by atoms with van der Waals surface area (Å²) in [6.07, 6.45) is 3.05. The van der Waals surface area contributed by atoms with Crippen molar-refractivity contribution in [3.05, 3.63) is 53.3 Å². The molecule has 188 valence electrons. The highest BCUT2D eigenvalue weighted by Crippen LogP contribution is 2.35. The Balaban J connectivity index is 1.88. The Bertz CT molecular complexity index is 1200. The number of hydrogen-bond acceptors (Lipinski definition) is 9. The van der Waals surface area contributed by atoms with Crippen LogP contribution in [0.4, 0.5) is 15.8 Å². The average Bonchev–Trinajstić information content (AvgIpc) is 3.16. The molecule has 0 saturated carbocycles. The van der Waals surface area contributed by atoms with Gasteiger partial charge in [-0.05, 0) is 51.8 Å². The zero-order valence-corrected chi connectivity index (χ0v) is 19.9. The van der Waals surface area contributed by atoms with E-state index in [9.17, 15) is 19.1 Å². The smallest absolute Gasteiger partial charge is 0.343 e. The fourth-order valence-electron chi connectivity index (χ4n) is 3.12. The van der Waals surface area contributed by atoms with Gasteiger partial charge in [0.2, 0.25) is 5.76 Å². The van der Waals surface area contributed by atoms with E-state index in [1.807, 2.05) is 0 Å². The van der Waals surface area contributed by atoms with Crippen molar-refractivity contribution in [2.75, 3.05) is 25.1 Å². The van der Waals surface area contributed by atoms with E-state index in [2.05, 4.69) is 15.8 Å². The lowest BCUT2D eigenvalue weighted by atomic mass is 10.1. The molecule has 10 nitrogen and oxygen atoms in total. The van der Waals surface area contributed by atoms with Crippen LogP contribution in [0.5, 0.6) is 0 Å². The van der Waals surface area contributed by atoms with Gasteiger partial charge in [-0.3, -0.25) is 14.6 Å². The number of aromatic nitrogens is 1. The van der Waals surface area contributed by atoms with E-state index in [4.69, 9.17) is 18.7 Å². The number of benzene rings is 1. The predicted molar refractivity (Wildman–Crippen MR) is 125 cm³/mol. The number of anilines is 2. The highest BCUT2D eigenvalue weighted by molar-refractivity contribution is 6.11. The third-order valence-corrected chi connectivity index (χ3v) is 4.69. The first kappa shape index (κ1) is 26.1. The number of rotatable bonds is 11. The zero-order chi connectivity index (χ0) is 25.6. The molecule has 0 radical (unpaired) electrons. The Kier molecular flexibility index (Phi) is 8.39. The number of hydrogen-bond donors (Lipinski definition) is 3. The maximum absolute atomic E-state index is 14.6. The summed E-state index contributed by atoms with van der Waals surface area (Å²) in [6.45, 7) is 6.84. The lowest BCUT2D eigenvalue weighted by Gasteiger charge is -2.17. The number of aliphatic hydroxyl groups is 1. The van der Waals surface area contributed by atoms with Gasteiger partial charge in [-0.15, -0.1) is 0 Å². The molecule has 0 unspecified atom stereocenters. The summed E-state index contributed by atoms with van der Waals surface area (Å²) >= 11 is 0. The van der Waals surface area contributed by atoms with E-state index in [0.29, 0.717) is 6.42 Å². The molecule has 2 heterocycles. The number of pyridine rings is 1. The number of furan rings is 1. The van der Waals surface area contributed by atoms with Gasteiger partial charge < -0.3 is 24.3 Å². The first-order valence-corrected chi connectivity index (χ1v) is 11.0. The van der Waals surface area contributed by atoms with Crippen LogP contribution in [0, 0.1) is 12.7 Å². The second-order valence-electron chi connectivity index (χ2n) is 8.13. The minimum atomic E-state index is -1.27. The van der Waals surface area contributed by atoms with Crippen LogP contribution in [0.25, 0.3) is 11.0 Å². The van der Waals surface area contributed by atoms with E-state index >= 15 is 0 Å². The van der Waals surface area contributed by atoms with Gasteiger partial charge in [0, 0.05) is 12.4 Å². The second kappa shape index (κ2) is 11.3. The molecule has 0 atom stereocenters. The number of nitrogens with one attached hydrogen (secondary N) is 2. The van der Waals surface area contributed by atoms with Crippen LogP contribution in [0.2, 0.25) is 0 Å². The Morgan fingerprint density at radius 3 is 2.69 bits per heavy atom. The van der Waals surface area contributed by atoms with Crippen LogP contribution < -0.4 is 10.8 Å². The Labute approximate surface area is 201 Å². The number of fused-ring (bicyclic) bond motifs is 1. The molecule has 2 aromatic heterocycles. The lowest BCUT2D eigenvalue weighted by Crippen LogP contribution is -2.27. The maximum atomic E-state index is 14.6. The zero-order valence-electron chi connectivity index (χ0n) is 19.9. The summed E-state index contributed by atoms with van der Waals surface area (Å²) in [7, 11) is 0. The first-order chi connectivity index (χ1) is 16.6. The number of halogens is 1. The first-order valence-electron chi connectivity index (χ1n) is 11.0. The molecular formula is C24H28FN3O7. The molecule has 3 rings (SSSR count). The number of ether oxygens (including phenoxy) is 2. The number of nitrogens with zero attached hydrogens (tertiary/aromatic N) is 1. The number of esters is 1. The Morgan fingerprint density at radius 2 is 2.00 bits per heavy atom. The molecular weight excluding hydrogens is 461 g/mol. The number of hydroxylamine groups is 1. The topological polar surface area (TPSA) is 132 Å². The molecule has 1 aromatic carbocycles. The third kappa shape index (κ3) is 6.75. The van der Waals surface area contributed by atoms with Gasteiger partial charge in [0.15, 0.2) is 11.4 Å². The van der Waals surface area contributed by atoms with Crippen LogP contribution in [0.1, 0.15) is 53.7 Å². The molecule has 0 aliphatic carbocycles. The molecule has 0 saturated heterocycles. The molecule has 0 fully saturated rings. The van der Waals surface area contributed by atoms with Crippen molar-refractivity contribution in [3.63, 3.8) is 0 Å². The van der Waals surface area contributed by atoms with Crippen molar-refractivity contribution < 1.29 is 37.8 Å². The van der Waals surface area contributed by atoms with Crippen LogP contribution in [0.3, 0.4) is 0 Å². The largest absolute Gasteiger partial charge is 0.462 e. The van der Waals surface area contributed by atoms with E-state index in [1.54, 1.807) is 19.9 Å². The predicted octanol–water partition coefficient (Wildman–Crippen LogP) is 3.99. The van der Waals surface area contributed by atoms with Gasteiger partial charge in [-0.1, -0.05) is 6.07 Å². The Morgan fingerprint density at radius 1 is 1.23 bits per heavy atom. The number of carbonyl (C=O) groups excluding carboxylic acids is 2. The average molecular weight is 490 g/mol. The van der Waals surface area contributed by atoms with Crippen LogP contribution in [-0.2, 0) is 14.3 Å². The summed E-state index contributed by atoms with van der Waals surface area (Å²) < 4.78 is 30.5. The van der Waals surface area contributed by atoms with E-state index in [1.165, 1.54) is 38.4 Å². The van der Waals surface area contributed by atoms with Gasteiger partial charge in [0.05, 0.1) is 30.9 Å². The van der Waals surface area contributed by atoms with Crippen molar-refractivity contribution in [3.8, 4) is 0 Å². The normalized spacial score (nSPS) is 11.5. The standard InChI is InChI=1S/C24H28FN3O7/c1-5-32-23(30)16-13-26-12-15-19(27-18-8-7-14(2)11-17(18)25)21(35-20(15)16)22(29)28-34-10-6-9-33-24(3,4)31/h7-8,11-13,27,31H,5-6,9-10H2,1-4H3,(H,28,29). The molecule has 11 heteroatoms. The highest BCUT2D eigenvalue weighted by atomic mass is 19.1. The minimum Gasteiger partial charge on any atom is -0.462 e. The van der Waals surface area contributed by atoms with Gasteiger partial charge in [0.1, 0.15) is 17.1 Å². The Hall–Kier alpha value is -3.54. The van der Waals surface area contributed by atoms with Gasteiger partial charge >= 0.3 is 11.9 Å². The van der Waals surface area contributed by atoms with Crippen molar-refractivity contribution in [1.29, 1.82) is 0 Å². The molecule has 1 amide bonds. The minimum absolute atomic E-state index is 0.0144. The fraction of sp³-hybridized carbons (Fsp3) is 0.375. The summed E-state index contributed by atoms with van der Waals surface area (Å²) in [5, 5.41) is 12.7. The van der Waals surface area contributed by atoms with Crippen molar-refractivity contribution in [2.45, 2.75) is 39.9 Å². The lowest BCUT2D eigenvalue weighted by molar-refractivity contribution is -0.178. The SMILES string of the molecule is CCOC(=O)c1cncc2c(Nc3ccc(C)cc3F)c(C(=O)NOCCCOC(C)(C)O)oc12. The summed E-state index contributed by atoms with van der Waals surface area (Å²) in [6, 6.07) is 4.56. The molecule has 35 heavy (non-hydrogen) atoms. The molecule has 0 aliphatic heterocycles. The molecule has 3 aromatic rings. The monoisotopic (exact) mass is 489 g/mol. The van der Waals surface area contributed by atoms with Crippen molar-refractivity contribution in [1.82, 2.24) is 10.5 Å². The fourth-order valence-corrected chi connectivity index (χ4v) is 3.12.